The number of aromatic nitrogens is 4. The summed E-state index contributed by atoms with van der Waals surface area (Å²) in [7, 11) is 1.89. The van der Waals surface area contributed by atoms with Gasteiger partial charge in [-0.1, -0.05) is 0 Å². The van der Waals surface area contributed by atoms with E-state index in [1.807, 2.05) is 18.9 Å². The second-order valence-electron chi connectivity index (χ2n) is 6.97. The van der Waals surface area contributed by atoms with Gasteiger partial charge in [-0.2, -0.15) is 5.10 Å². The summed E-state index contributed by atoms with van der Waals surface area (Å²) in [5, 5.41) is 17.9. The summed E-state index contributed by atoms with van der Waals surface area (Å²) in [5.74, 6) is 0.697. The SMILES string of the molecule is Cc1c(CCC(=O)NCC2(O)CCCN(c3cnccn3)C2)cnn1C. The van der Waals surface area contributed by atoms with Gasteiger partial charge in [-0.3, -0.25) is 14.5 Å². The van der Waals surface area contributed by atoms with Crippen molar-refractivity contribution in [2.75, 3.05) is 24.5 Å². The molecule has 1 unspecified atom stereocenters. The third kappa shape index (κ3) is 4.37. The van der Waals surface area contributed by atoms with Crippen LogP contribution in [-0.2, 0) is 18.3 Å². The van der Waals surface area contributed by atoms with Gasteiger partial charge in [0.15, 0.2) is 0 Å². The number of β-amino-alcohol motifs (C(OH)–C–C–N with tert-alkyl or cyclic N) is 1. The number of nitrogens with one attached hydrogen (secondary N) is 1. The topological polar surface area (TPSA) is 96.2 Å². The molecular formula is C18H26N6O2. The Hall–Kier alpha value is -2.48. The lowest BCUT2D eigenvalue weighted by molar-refractivity contribution is -0.122. The first-order valence-corrected chi connectivity index (χ1v) is 8.94. The molecule has 8 heteroatoms. The molecule has 2 aromatic rings. The number of anilines is 1. The second-order valence-corrected chi connectivity index (χ2v) is 6.97. The van der Waals surface area contributed by atoms with E-state index < -0.39 is 5.60 Å². The zero-order valence-electron chi connectivity index (χ0n) is 15.4. The summed E-state index contributed by atoms with van der Waals surface area (Å²) in [6.45, 7) is 3.50. The molecule has 1 aliphatic heterocycles. The third-order valence-corrected chi connectivity index (χ3v) is 5.00. The Morgan fingerprint density at radius 2 is 2.23 bits per heavy atom. The van der Waals surface area contributed by atoms with E-state index in [1.54, 1.807) is 29.5 Å². The highest BCUT2D eigenvalue weighted by Crippen LogP contribution is 2.24. The molecule has 0 bridgehead atoms. The summed E-state index contributed by atoms with van der Waals surface area (Å²) in [6.07, 6.45) is 9.31. The van der Waals surface area contributed by atoms with Gasteiger partial charge in [0.25, 0.3) is 0 Å². The molecule has 1 fully saturated rings. The van der Waals surface area contributed by atoms with Gasteiger partial charge in [-0.15, -0.1) is 0 Å². The van der Waals surface area contributed by atoms with E-state index in [0.717, 1.165) is 30.0 Å². The minimum Gasteiger partial charge on any atom is -0.386 e. The van der Waals surface area contributed by atoms with Crippen molar-refractivity contribution in [1.29, 1.82) is 0 Å². The van der Waals surface area contributed by atoms with Crippen molar-refractivity contribution in [2.24, 2.45) is 7.05 Å². The standard InChI is InChI=1S/C18H26N6O2/c1-14-15(10-22-23(14)2)4-5-17(25)21-12-18(26)6-3-9-24(13-18)16-11-19-7-8-20-16/h7-8,10-11,26H,3-6,9,12-13H2,1-2H3,(H,21,25). The molecule has 3 heterocycles. The maximum Gasteiger partial charge on any atom is 0.220 e. The zero-order valence-corrected chi connectivity index (χ0v) is 15.4. The van der Waals surface area contributed by atoms with Gasteiger partial charge >= 0.3 is 0 Å². The quantitative estimate of drug-likeness (QED) is 0.785. The molecule has 3 rings (SSSR count). The maximum atomic E-state index is 12.2. The number of piperidine rings is 1. The third-order valence-electron chi connectivity index (χ3n) is 5.00. The average molecular weight is 358 g/mol. The minimum absolute atomic E-state index is 0.0571. The van der Waals surface area contributed by atoms with Gasteiger partial charge in [0.2, 0.25) is 5.91 Å². The molecule has 0 radical (unpaired) electrons. The first-order chi connectivity index (χ1) is 12.5. The highest BCUT2D eigenvalue weighted by atomic mass is 16.3. The molecular weight excluding hydrogens is 332 g/mol. The van der Waals surface area contributed by atoms with E-state index in [0.29, 0.717) is 25.8 Å². The van der Waals surface area contributed by atoms with Crippen LogP contribution in [0.3, 0.4) is 0 Å². The predicted molar refractivity (Wildman–Crippen MR) is 97.7 cm³/mol. The first kappa shape index (κ1) is 18.3. The fraction of sp³-hybridized carbons (Fsp3) is 0.556. The lowest BCUT2D eigenvalue weighted by Crippen LogP contribution is -2.54. The molecule has 1 atom stereocenters. The Bertz CT molecular complexity index is 747. The van der Waals surface area contributed by atoms with E-state index in [1.165, 1.54) is 0 Å². The highest BCUT2D eigenvalue weighted by molar-refractivity contribution is 5.76. The van der Waals surface area contributed by atoms with Crippen molar-refractivity contribution in [1.82, 2.24) is 25.1 Å². The van der Waals surface area contributed by atoms with Crippen LogP contribution in [0.4, 0.5) is 5.82 Å². The molecule has 0 aromatic carbocycles. The van der Waals surface area contributed by atoms with Crippen molar-refractivity contribution in [3.05, 3.63) is 36.0 Å². The number of aliphatic hydroxyl groups is 1. The average Bonchev–Trinajstić information content (AvgIpc) is 2.97. The molecule has 0 spiro atoms. The van der Waals surface area contributed by atoms with E-state index in [4.69, 9.17) is 0 Å². The van der Waals surface area contributed by atoms with E-state index >= 15 is 0 Å². The number of nitrogens with zero attached hydrogens (tertiary/aromatic N) is 5. The van der Waals surface area contributed by atoms with Gasteiger partial charge in [0.1, 0.15) is 5.82 Å². The van der Waals surface area contributed by atoms with Crippen LogP contribution in [0.15, 0.2) is 24.8 Å². The Labute approximate surface area is 153 Å². The van der Waals surface area contributed by atoms with E-state index in [-0.39, 0.29) is 12.5 Å². The Morgan fingerprint density at radius 3 is 2.92 bits per heavy atom. The molecule has 8 nitrogen and oxygen atoms in total. The molecule has 0 aliphatic carbocycles. The van der Waals surface area contributed by atoms with Crippen LogP contribution in [0, 0.1) is 6.92 Å². The number of aryl methyl sites for hydroxylation is 2. The van der Waals surface area contributed by atoms with Crippen LogP contribution in [-0.4, -0.2) is 56.0 Å². The molecule has 26 heavy (non-hydrogen) atoms. The van der Waals surface area contributed by atoms with Gasteiger partial charge in [0, 0.05) is 51.2 Å². The number of rotatable bonds is 6. The summed E-state index contributed by atoms with van der Waals surface area (Å²) in [5.41, 5.74) is 1.20. The van der Waals surface area contributed by atoms with E-state index in [9.17, 15) is 9.90 Å². The summed E-state index contributed by atoms with van der Waals surface area (Å²) >= 11 is 0. The zero-order chi connectivity index (χ0) is 18.6. The molecule has 1 aliphatic rings. The molecule has 140 valence electrons. The van der Waals surface area contributed by atoms with Crippen molar-refractivity contribution >= 4 is 11.7 Å². The largest absolute Gasteiger partial charge is 0.386 e. The highest BCUT2D eigenvalue weighted by Gasteiger charge is 2.34. The monoisotopic (exact) mass is 358 g/mol. The van der Waals surface area contributed by atoms with Crippen molar-refractivity contribution in [3.63, 3.8) is 0 Å². The van der Waals surface area contributed by atoms with Crippen LogP contribution in [0.1, 0.15) is 30.5 Å². The fourth-order valence-corrected chi connectivity index (χ4v) is 3.30. The van der Waals surface area contributed by atoms with Crippen molar-refractivity contribution in [3.8, 4) is 0 Å². The lowest BCUT2D eigenvalue weighted by Gasteiger charge is -2.39. The van der Waals surface area contributed by atoms with Crippen LogP contribution < -0.4 is 10.2 Å². The molecule has 0 saturated carbocycles. The number of amides is 1. The van der Waals surface area contributed by atoms with Gasteiger partial charge in [-0.25, -0.2) is 4.98 Å². The second kappa shape index (κ2) is 7.82. The van der Waals surface area contributed by atoms with Gasteiger partial charge < -0.3 is 15.3 Å². The fourth-order valence-electron chi connectivity index (χ4n) is 3.30. The Morgan fingerprint density at radius 1 is 1.38 bits per heavy atom. The first-order valence-electron chi connectivity index (χ1n) is 8.94. The molecule has 2 N–H and O–H groups in total. The number of carbonyl (C=O) groups excluding carboxylic acids is 1. The summed E-state index contributed by atoms with van der Waals surface area (Å²) in [6, 6.07) is 0. The lowest BCUT2D eigenvalue weighted by atomic mass is 9.92. The smallest absolute Gasteiger partial charge is 0.220 e. The van der Waals surface area contributed by atoms with Crippen LogP contribution >= 0.6 is 0 Å². The van der Waals surface area contributed by atoms with E-state index in [2.05, 4.69) is 20.4 Å². The molecule has 2 aromatic heterocycles. The van der Waals surface area contributed by atoms with Crippen LogP contribution in [0.25, 0.3) is 0 Å². The van der Waals surface area contributed by atoms with Crippen molar-refractivity contribution < 1.29 is 9.90 Å². The predicted octanol–water partition coefficient (Wildman–Crippen LogP) is 0.599. The minimum atomic E-state index is -0.949. The maximum absolute atomic E-state index is 12.2. The van der Waals surface area contributed by atoms with Gasteiger partial charge in [-0.05, 0) is 31.7 Å². The Kier molecular flexibility index (Phi) is 5.51. The number of hydrogen-bond donors (Lipinski definition) is 2. The van der Waals surface area contributed by atoms with Gasteiger partial charge in [0.05, 0.1) is 18.0 Å². The molecule has 1 saturated heterocycles. The van der Waals surface area contributed by atoms with Crippen LogP contribution in [0.5, 0.6) is 0 Å². The normalized spacial score (nSPS) is 20.2. The molecule has 1 amide bonds. The Balaban J connectivity index is 1.49. The summed E-state index contributed by atoms with van der Waals surface area (Å²) < 4.78 is 1.80. The van der Waals surface area contributed by atoms with Crippen LogP contribution in [0.2, 0.25) is 0 Å². The summed E-state index contributed by atoms with van der Waals surface area (Å²) in [4.78, 5) is 22.6. The number of hydrogen-bond acceptors (Lipinski definition) is 6. The van der Waals surface area contributed by atoms with Crippen molar-refractivity contribution in [2.45, 2.75) is 38.2 Å². The number of carbonyl (C=O) groups is 1.